The van der Waals surface area contributed by atoms with Gasteiger partial charge in [-0.05, 0) is 0 Å². The maximum atomic E-state index is 8.77. The van der Waals surface area contributed by atoms with Gasteiger partial charge in [0.15, 0.2) is 0 Å². The summed E-state index contributed by atoms with van der Waals surface area (Å²) in [4.78, 5) is 48.6. The fourth-order valence-electron chi connectivity index (χ4n) is 0. The van der Waals surface area contributed by atoms with Crippen molar-refractivity contribution in [3.8, 4) is 0 Å². The molecule has 0 aliphatic heterocycles. The summed E-state index contributed by atoms with van der Waals surface area (Å²) in [5.74, 6) is 0. The van der Waals surface area contributed by atoms with Crippen molar-refractivity contribution in [2.24, 2.45) is 0 Å². The summed E-state index contributed by atoms with van der Waals surface area (Å²) in [6.07, 6.45) is 0. The van der Waals surface area contributed by atoms with Crippen molar-refractivity contribution in [3.05, 3.63) is 0 Å². The van der Waals surface area contributed by atoms with Crippen LogP contribution in [0.2, 0.25) is 0 Å². The monoisotopic (exact) mass is 289 g/mol. The molecule has 0 saturated carbocycles. The predicted octanol–water partition coefficient (Wildman–Crippen LogP) is -7.39. The van der Waals surface area contributed by atoms with Crippen LogP contribution in [-0.2, 0) is 9.13 Å². The number of rotatable bonds is 0. The minimum atomic E-state index is -5.39. The molecule has 0 saturated heterocycles. The molecule has 9 nitrogen and oxygen atoms in total. The van der Waals surface area contributed by atoms with Gasteiger partial charge in [-0.3, -0.25) is 4.57 Å². The molecule has 0 spiro atoms. The summed E-state index contributed by atoms with van der Waals surface area (Å²) in [6, 6.07) is 0. The van der Waals surface area contributed by atoms with E-state index in [0.29, 0.717) is 0 Å². The first kappa shape index (κ1) is 29.8. The summed E-state index contributed by atoms with van der Waals surface area (Å²) in [7, 11) is -10.3. The van der Waals surface area contributed by atoms with Crippen molar-refractivity contribution >= 4 is 53.4 Å². The predicted molar refractivity (Wildman–Crippen MR) is 31.4 cm³/mol. The van der Waals surface area contributed by atoms with Crippen LogP contribution in [0, 0.1) is 0 Å². The molecular formula is H6CaKNO8P2. The molecule has 0 unspecified atom stereocenters. The molecule has 6 N–H and O–H groups in total. The molecule has 0 amide bonds. The Balaban J connectivity index is -0.0000000267. The van der Waals surface area contributed by atoms with Crippen molar-refractivity contribution in [2.75, 3.05) is 0 Å². The number of hydrogen-bond acceptors (Lipinski definition) is 6. The number of phosphoric acid groups is 2. The average molecular weight is 289 g/mol. The topological polar surface area (TPSA) is 203 Å². The zero-order valence-electron chi connectivity index (χ0n) is 6.95. The van der Waals surface area contributed by atoms with Gasteiger partial charge in [0.25, 0.3) is 7.82 Å². The molecule has 0 aromatic rings. The molecule has 0 aliphatic carbocycles. The summed E-state index contributed by atoms with van der Waals surface area (Å²) < 4.78 is 17.3. The molecule has 0 aromatic heterocycles. The molecule has 13 heavy (non-hydrogen) atoms. The van der Waals surface area contributed by atoms with E-state index < -0.39 is 15.6 Å². The van der Waals surface area contributed by atoms with Gasteiger partial charge in [0.05, 0.1) is 0 Å². The van der Waals surface area contributed by atoms with Crippen LogP contribution in [0.4, 0.5) is 0 Å². The maximum Gasteiger partial charge on any atom is 2.00 e. The quantitative estimate of drug-likeness (QED) is 0.288. The second-order valence-corrected chi connectivity index (χ2v) is 2.81. The van der Waals surface area contributed by atoms with E-state index in [4.69, 9.17) is 38.5 Å². The zero-order chi connectivity index (χ0) is 9.00. The summed E-state index contributed by atoms with van der Waals surface area (Å²) in [5.41, 5.74) is 0. The third-order valence-corrected chi connectivity index (χ3v) is 0. The fraction of sp³-hybridized carbons (Fsp3) is 0. The Kier molecular flexibility index (Phi) is 30.1. The zero-order valence-corrected chi connectivity index (χ0v) is 14.1. The van der Waals surface area contributed by atoms with E-state index in [1.165, 1.54) is 0 Å². The summed E-state index contributed by atoms with van der Waals surface area (Å²) in [5, 5.41) is 0. The van der Waals surface area contributed by atoms with Crippen LogP contribution in [0.3, 0.4) is 0 Å². The Hall–Kier alpha value is 3.08. The van der Waals surface area contributed by atoms with Crippen LogP contribution in [0.1, 0.15) is 0 Å². The Morgan fingerprint density at radius 3 is 0.923 bits per heavy atom. The second kappa shape index (κ2) is 13.1. The molecule has 0 aliphatic rings. The maximum absolute atomic E-state index is 8.77. The van der Waals surface area contributed by atoms with E-state index in [9.17, 15) is 0 Å². The van der Waals surface area contributed by atoms with Crippen LogP contribution >= 0.6 is 15.6 Å². The first-order chi connectivity index (χ1) is 4.00. The molecule has 0 heterocycles. The largest absolute Gasteiger partial charge is 2.00 e. The van der Waals surface area contributed by atoms with Gasteiger partial charge in [0.1, 0.15) is 0 Å². The van der Waals surface area contributed by atoms with E-state index in [2.05, 4.69) is 0 Å². The first-order valence-electron chi connectivity index (χ1n) is 1.50. The molecule has 0 aromatic carbocycles. The van der Waals surface area contributed by atoms with Gasteiger partial charge in [0, 0.05) is 0 Å². The first-order valence-corrected chi connectivity index (χ1v) is 4.49. The molecule has 0 bridgehead atoms. The third-order valence-electron chi connectivity index (χ3n) is 0. The molecule has 0 radical (unpaired) electrons. The van der Waals surface area contributed by atoms with Gasteiger partial charge in [-0.2, -0.15) is 7.82 Å². The fourth-order valence-corrected chi connectivity index (χ4v) is 0. The Morgan fingerprint density at radius 2 is 0.923 bits per heavy atom. The number of quaternary nitrogens is 1. The molecule has 0 fully saturated rings. The van der Waals surface area contributed by atoms with Crippen molar-refractivity contribution < 1.29 is 89.9 Å². The average Bonchev–Trinajstić information content (AvgIpc) is 1.12. The van der Waals surface area contributed by atoms with E-state index in [1.807, 2.05) is 0 Å². The Labute approximate surface area is 146 Å². The summed E-state index contributed by atoms with van der Waals surface area (Å²) in [6.45, 7) is 0. The minimum Gasteiger partial charge on any atom is -0.822 e. The van der Waals surface area contributed by atoms with E-state index in [1.54, 1.807) is 0 Å². The minimum absolute atomic E-state index is 0. The van der Waals surface area contributed by atoms with E-state index in [-0.39, 0.29) is 95.3 Å². The molecule has 0 rings (SSSR count). The standard InChI is InChI=1S/Ca.K.H3N.2H3O4P/c;;;2*1-5(2,3)4/h;;1H3;2*(H3,1,2,3,4)/q+2;+1;;;/p-3. The van der Waals surface area contributed by atoms with Crippen LogP contribution in [0.25, 0.3) is 0 Å². The van der Waals surface area contributed by atoms with Gasteiger partial charge in [-0.15, -0.1) is 0 Å². The van der Waals surface area contributed by atoms with Gasteiger partial charge in [0.2, 0.25) is 0 Å². The Morgan fingerprint density at radius 1 is 0.923 bits per heavy atom. The van der Waals surface area contributed by atoms with Gasteiger partial charge < -0.3 is 40.1 Å². The molecule has 13 heteroatoms. The van der Waals surface area contributed by atoms with Crippen LogP contribution in [0.15, 0.2) is 0 Å². The van der Waals surface area contributed by atoms with Crippen molar-refractivity contribution in [3.63, 3.8) is 0 Å². The summed E-state index contributed by atoms with van der Waals surface area (Å²) >= 11 is 0. The number of hydrogen-bond donors (Lipinski definition) is 3. The van der Waals surface area contributed by atoms with Crippen molar-refractivity contribution in [2.45, 2.75) is 0 Å². The van der Waals surface area contributed by atoms with Crippen LogP contribution in [-0.4, -0.2) is 47.5 Å². The van der Waals surface area contributed by atoms with E-state index >= 15 is 0 Å². The smallest absolute Gasteiger partial charge is 0.822 e. The third kappa shape index (κ3) is 272. The van der Waals surface area contributed by atoms with E-state index in [0.717, 1.165) is 0 Å². The molecular weight excluding hydrogens is 283 g/mol. The Bertz CT molecular complexity index is 134. The molecule has 72 valence electrons. The van der Waals surface area contributed by atoms with Crippen LogP contribution in [0.5, 0.6) is 0 Å². The molecule has 0 atom stereocenters. The normalized spacial score (nSPS) is 9.08. The SMILES string of the molecule is O=P([O-])(O)O.O=P([O-])([O-])[O-].[Ca+2].[K+].[NH4+]. The van der Waals surface area contributed by atoms with Crippen LogP contribution < -0.4 is 77.1 Å². The van der Waals surface area contributed by atoms with Gasteiger partial charge >= 0.3 is 89.1 Å². The van der Waals surface area contributed by atoms with Crippen molar-refractivity contribution in [1.82, 2.24) is 6.15 Å². The van der Waals surface area contributed by atoms with Crippen molar-refractivity contribution in [1.29, 1.82) is 0 Å². The second-order valence-electron chi connectivity index (χ2n) is 0.938. The van der Waals surface area contributed by atoms with Gasteiger partial charge in [-0.25, -0.2) is 0 Å². The van der Waals surface area contributed by atoms with Gasteiger partial charge in [-0.1, -0.05) is 0 Å².